The van der Waals surface area contributed by atoms with Crippen LogP contribution in [0.1, 0.15) is 50.3 Å². The predicted octanol–water partition coefficient (Wildman–Crippen LogP) is 0.992. The van der Waals surface area contributed by atoms with Gasteiger partial charge in [-0.3, -0.25) is 24.0 Å². The first-order valence-corrected chi connectivity index (χ1v) is 14.1. The van der Waals surface area contributed by atoms with Gasteiger partial charge < -0.3 is 31.7 Å². The third-order valence-corrected chi connectivity index (χ3v) is 6.32. The summed E-state index contributed by atoms with van der Waals surface area (Å²) >= 11 is 0. The van der Waals surface area contributed by atoms with Crippen molar-refractivity contribution in [3.05, 3.63) is 71.3 Å². The second-order valence-electron chi connectivity index (χ2n) is 10.5. The molecule has 3 unspecified atom stereocenters. The molecule has 5 amide bonds. The molecule has 0 spiro atoms. The Hall–Kier alpha value is -5.25. The van der Waals surface area contributed by atoms with Crippen molar-refractivity contribution < 1.29 is 33.5 Å². The highest BCUT2D eigenvalue weighted by Crippen LogP contribution is 2.09. The molecule has 0 saturated carbocycles. The van der Waals surface area contributed by atoms with E-state index in [0.717, 1.165) is 5.56 Å². The fourth-order valence-corrected chi connectivity index (χ4v) is 4.06. The first kappa shape index (κ1) is 34.9. The molecule has 3 atom stereocenters. The molecule has 2 rings (SSSR count). The molecule has 0 saturated heterocycles. The molecule has 0 aliphatic rings. The van der Waals surface area contributed by atoms with Gasteiger partial charge in [0.15, 0.2) is 0 Å². The standard InChI is InChI=1S/C31H38N6O7/c1-19(2)14-25(37-31(43)44-18-21-8-5-4-6-9-21)29(41)35-20(3)27(39)30(42)34-13-12-26(38)36-24(28(33)40)16-22-10-7-11-23(15-22)17-32/h4-11,15,19-20,24-25H,12-14,16,18H2,1-3H3,(H2,33,40)(H,34,42)(H,35,41)(H,36,38)(H,37,43). The fourth-order valence-electron chi connectivity index (χ4n) is 4.06. The zero-order valence-corrected chi connectivity index (χ0v) is 24.9. The molecule has 2 aromatic carbocycles. The van der Waals surface area contributed by atoms with Crippen LogP contribution in [0.5, 0.6) is 0 Å². The lowest BCUT2D eigenvalue weighted by Gasteiger charge is -2.22. The van der Waals surface area contributed by atoms with Crippen LogP contribution in [-0.4, -0.2) is 60.2 Å². The van der Waals surface area contributed by atoms with Crippen molar-refractivity contribution in [1.29, 1.82) is 5.26 Å². The van der Waals surface area contributed by atoms with Crippen LogP contribution in [0.3, 0.4) is 0 Å². The Morgan fingerprint density at radius 2 is 1.57 bits per heavy atom. The van der Waals surface area contributed by atoms with Crippen molar-refractivity contribution in [2.75, 3.05) is 6.54 Å². The monoisotopic (exact) mass is 606 g/mol. The van der Waals surface area contributed by atoms with Crippen molar-refractivity contribution in [3.8, 4) is 6.07 Å². The summed E-state index contributed by atoms with van der Waals surface area (Å²) < 4.78 is 5.19. The lowest BCUT2D eigenvalue weighted by atomic mass is 10.0. The van der Waals surface area contributed by atoms with E-state index in [-0.39, 0.29) is 38.3 Å². The molecule has 44 heavy (non-hydrogen) atoms. The molecule has 234 valence electrons. The second-order valence-corrected chi connectivity index (χ2v) is 10.5. The Balaban J connectivity index is 1.83. The molecule has 6 N–H and O–H groups in total. The van der Waals surface area contributed by atoms with E-state index >= 15 is 0 Å². The smallest absolute Gasteiger partial charge is 0.408 e. The zero-order valence-electron chi connectivity index (χ0n) is 24.9. The number of alkyl carbamates (subject to hydrolysis) is 1. The quantitative estimate of drug-likeness (QED) is 0.174. The van der Waals surface area contributed by atoms with E-state index in [1.165, 1.54) is 6.92 Å². The van der Waals surface area contributed by atoms with Crippen LogP contribution in [0.15, 0.2) is 54.6 Å². The highest BCUT2D eigenvalue weighted by molar-refractivity contribution is 6.38. The lowest BCUT2D eigenvalue weighted by Crippen LogP contribution is -2.53. The van der Waals surface area contributed by atoms with Crippen LogP contribution >= 0.6 is 0 Å². The largest absolute Gasteiger partial charge is 0.445 e. The van der Waals surface area contributed by atoms with Crippen LogP contribution < -0.4 is 27.0 Å². The summed E-state index contributed by atoms with van der Waals surface area (Å²) in [4.78, 5) is 74.4. The van der Waals surface area contributed by atoms with Gasteiger partial charge in [0, 0.05) is 19.4 Å². The van der Waals surface area contributed by atoms with E-state index in [9.17, 15) is 28.8 Å². The third-order valence-electron chi connectivity index (χ3n) is 6.32. The zero-order chi connectivity index (χ0) is 32.6. The van der Waals surface area contributed by atoms with E-state index in [2.05, 4.69) is 21.3 Å². The second kappa shape index (κ2) is 17.6. The SMILES string of the molecule is CC(C)CC(NC(=O)OCc1ccccc1)C(=O)NC(C)C(=O)C(=O)NCCC(=O)NC(Cc1cccc(C#N)c1)C(N)=O. The van der Waals surface area contributed by atoms with Crippen molar-refractivity contribution >= 4 is 35.5 Å². The minimum atomic E-state index is -1.23. The van der Waals surface area contributed by atoms with Crippen LogP contribution in [0, 0.1) is 17.2 Å². The van der Waals surface area contributed by atoms with Gasteiger partial charge in [0.05, 0.1) is 17.7 Å². The Morgan fingerprint density at radius 1 is 0.886 bits per heavy atom. The van der Waals surface area contributed by atoms with Crippen LogP contribution in [0.4, 0.5) is 4.79 Å². The van der Waals surface area contributed by atoms with E-state index < -0.39 is 53.6 Å². The van der Waals surface area contributed by atoms with E-state index in [1.54, 1.807) is 48.5 Å². The molecule has 0 radical (unpaired) electrons. The topological polar surface area (TPSA) is 210 Å². The van der Waals surface area contributed by atoms with E-state index in [1.807, 2.05) is 26.0 Å². The number of benzene rings is 2. The van der Waals surface area contributed by atoms with Crippen LogP contribution in [0.2, 0.25) is 0 Å². The van der Waals surface area contributed by atoms with Gasteiger partial charge in [0.1, 0.15) is 18.7 Å². The number of nitrogens with zero attached hydrogens (tertiary/aromatic N) is 1. The number of amides is 5. The first-order valence-electron chi connectivity index (χ1n) is 14.1. The van der Waals surface area contributed by atoms with E-state index in [4.69, 9.17) is 15.7 Å². The summed E-state index contributed by atoms with van der Waals surface area (Å²) in [5.74, 6) is -4.01. The average molecular weight is 607 g/mol. The number of primary amides is 1. The van der Waals surface area contributed by atoms with Crippen molar-refractivity contribution in [2.24, 2.45) is 11.7 Å². The lowest BCUT2D eigenvalue weighted by molar-refractivity contribution is -0.140. The van der Waals surface area contributed by atoms with Crippen molar-refractivity contribution in [1.82, 2.24) is 21.3 Å². The predicted molar refractivity (Wildman–Crippen MR) is 159 cm³/mol. The maximum atomic E-state index is 12.9. The highest BCUT2D eigenvalue weighted by Gasteiger charge is 2.28. The molecular weight excluding hydrogens is 568 g/mol. The number of ether oxygens (including phenoxy) is 1. The highest BCUT2D eigenvalue weighted by atomic mass is 16.5. The van der Waals surface area contributed by atoms with Crippen molar-refractivity contribution in [3.63, 3.8) is 0 Å². The molecule has 0 fully saturated rings. The summed E-state index contributed by atoms with van der Waals surface area (Å²) in [7, 11) is 0. The summed E-state index contributed by atoms with van der Waals surface area (Å²) in [6.45, 7) is 4.82. The third kappa shape index (κ3) is 12.3. The number of nitrogens with two attached hydrogens (primary N) is 1. The Labute approximate surface area is 255 Å². The number of carbonyl (C=O) groups excluding carboxylic acids is 6. The first-order chi connectivity index (χ1) is 20.9. The molecule has 0 aliphatic heterocycles. The molecule has 13 heteroatoms. The molecule has 0 heterocycles. The minimum absolute atomic E-state index is 0.00910. The number of nitriles is 1. The van der Waals surface area contributed by atoms with Gasteiger partial charge in [-0.1, -0.05) is 56.3 Å². The maximum Gasteiger partial charge on any atom is 0.408 e. The normalized spacial score (nSPS) is 12.5. The summed E-state index contributed by atoms with van der Waals surface area (Å²) in [5.41, 5.74) is 7.19. The maximum absolute atomic E-state index is 12.9. The van der Waals surface area contributed by atoms with Crippen molar-refractivity contribution in [2.45, 2.75) is 64.8 Å². The molecule has 0 aliphatic carbocycles. The fraction of sp³-hybridized carbons (Fsp3) is 0.387. The van der Waals surface area contributed by atoms with Crippen LogP contribution in [0.25, 0.3) is 0 Å². The minimum Gasteiger partial charge on any atom is -0.445 e. The molecule has 13 nitrogen and oxygen atoms in total. The van der Waals surface area contributed by atoms with Gasteiger partial charge in [0.25, 0.3) is 5.91 Å². The Bertz CT molecular complexity index is 1370. The van der Waals surface area contributed by atoms with Gasteiger partial charge in [0.2, 0.25) is 23.5 Å². The molecule has 2 aromatic rings. The molecular formula is C31H38N6O7. The van der Waals surface area contributed by atoms with Gasteiger partial charge in [-0.25, -0.2) is 4.79 Å². The number of ketones is 1. The summed E-state index contributed by atoms with van der Waals surface area (Å²) in [6.07, 6.45) is -0.743. The summed E-state index contributed by atoms with van der Waals surface area (Å²) in [6, 6.07) is 14.2. The number of rotatable bonds is 16. The van der Waals surface area contributed by atoms with Gasteiger partial charge in [-0.05, 0) is 42.5 Å². The number of carbonyl (C=O) groups is 6. The van der Waals surface area contributed by atoms with Crippen LogP contribution in [-0.2, 0) is 41.7 Å². The van der Waals surface area contributed by atoms with Gasteiger partial charge >= 0.3 is 6.09 Å². The molecule has 0 aromatic heterocycles. The number of Topliss-reactive ketones (excluding diaryl/α,β-unsaturated/α-hetero) is 1. The number of hydrogen-bond donors (Lipinski definition) is 5. The molecule has 0 bridgehead atoms. The van der Waals surface area contributed by atoms with Gasteiger partial charge in [-0.2, -0.15) is 5.26 Å². The Morgan fingerprint density at radius 3 is 2.20 bits per heavy atom. The number of nitrogens with one attached hydrogen (secondary N) is 4. The number of hydrogen-bond acceptors (Lipinski definition) is 8. The summed E-state index contributed by atoms with van der Waals surface area (Å²) in [5, 5.41) is 18.8. The van der Waals surface area contributed by atoms with Gasteiger partial charge in [-0.15, -0.1) is 0 Å². The van der Waals surface area contributed by atoms with E-state index in [0.29, 0.717) is 11.1 Å². The Kier molecular flexibility index (Phi) is 14.0. The average Bonchev–Trinajstić information content (AvgIpc) is 2.99.